The molecule has 0 N–H and O–H groups in total. The van der Waals surface area contributed by atoms with Crippen LogP contribution in [0.1, 0.15) is 36.6 Å². The van der Waals surface area contributed by atoms with E-state index in [1.165, 1.54) is 15.9 Å². The van der Waals surface area contributed by atoms with Gasteiger partial charge in [-0.15, -0.1) is 0 Å². The zero-order valence-electron chi connectivity index (χ0n) is 22.9. The van der Waals surface area contributed by atoms with Crippen LogP contribution < -0.4 is 19.6 Å². The van der Waals surface area contributed by atoms with Gasteiger partial charge in [0.15, 0.2) is 11.4 Å². The number of fused-ring (bicyclic) bond motifs is 1. The summed E-state index contributed by atoms with van der Waals surface area (Å²) in [5.41, 5.74) is 2.34. The fourth-order valence-corrected chi connectivity index (χ4v) is 5.73. The van der Waals surface area contributed by atoms with Gasteiger partial charge < -0.3 is 14.2 Å². The standard InChI is InChI=1S/C32H27ClN2O6S/c1-3-39-26(36)19-41-24-13-9-8-12-22(24)18-25-30(37)35-29(21-14-16-23(33)17-15-21)27(31(38)40-4-2)28(34-32(35)42-25)20-10-6-5-7-11-20/h5-18,29H,3-4,19H2,1-2H3/b25-18-/t29-/m1/s1. The van der Waals surface area contributed by atoms with Gasteiger partial charge in [-0.1, -0.05) is 83.6 Å². The Kier molecular flexibility index (Phi) is 9.00. The molecule has 3 aromatic carbocycles. The van der Waals surface area contributed by atoms with Crippen molar-refractivity contribution in [1.29, 1.82) is 0 Å². The largest absolute Gasteiger partial charge is 0.481 e. The number of ether oxygens (including phenoxy) is 3. The first-order valence-electron chi connectivity index (χ1n) is 13.3. The molecule has 1 aliphatic rings. The first-order valence-corrected chi connectivity index (χ1v) is 14.5. The van der Waals surface area contributed by atoms with Gasteiger partial charge in [-0.2, -0.15) is 0 Å². The Morgan fingerprint density at radius 1 is 0.952 bits per heavy atom. The Bertz CT molecular complexity index is 1830. The van der Waals surface area contributed by atoms with Gasteiger partial charge in [-0.3, -0.25) is 9.36 Å². The zero-order chi connectivity index (χ0) is 29.6. The molecule has 0 radical (unpaired) electrons. The molecule has 0 spiro atoms. The molecule has 0 aliphatic carbocycles. The summed E-state index contributed by atoms with van der Waals surface area (Å²) in [6.45, 7) is 3.59. The third-order valence-corrected chi connectivity index (χ3v) is 7.65. The van der Waals surface area contributed by atoms with Gasteiger partial charge in [0.1, 0.15) is 5.75 Å². The average molecular weight is 603 g/mol. The summed E-state index contributed by atoms with van der Waals surface area (Å²) in [5, 5.41) is 0.524. The summed E-state index contributed by atoms with van der Waals surface area (Å²) in [5.74, 6) is -0.635. The van der Waals surface area contributed by atoms with E-state index in [2.05, 4.69) is 0 Å². The van der Waals surface area contributed by atoms with Crippen LogP contribution in [0.25, 0.3) is 11.8 Å². The van der Waals surface area contributed by atoms with E-state index in [0.29, 0.717) is 36.9 Å². The van der Waals surface area contributed by atoms with Crippen molar-refractivity contribution in [3.63, 3.8) is 0 Å². The van der Waals surface area contributed by atoms with Crippen molar-refractivity contribution < 1.29 is 23.8 Å². The molecule has 0 fully saturated rings. The van der Waals surface area contributed by atoms with E-state index in [1.807, 2.05) is 36.4 Å². The lowest BCUT2D eigenvalue weighted by molar-refractivity contribution is -0.145. The number of para-hydroxylation sites is 1. The Hall–Kier alpha value is -4.47. The third-order valence-electron chi connectivity index (χ3n) is 6.42. The Morgan fingerprint density at radius 3 is 2.36 bits per heavy atom. The topological polar surface area (TPSA) is 96.2 Å². The summed E-state index contributed by atoms with van der Waals surface area (Å²) in [6.07, 6.45) is 1.69. The van der Waals surface area contributed by atoms with E-state index in [1.54, 1.807) is 62.4 Å². The molecule has 42 heavy (non-hydrogen) atoms. The Morgan fingerprint density at radius 2 is 1.64 bits per heavy atom. The molecule has 1 aliphatic heterocycles. The number of aromatic nitrogens is 1. The van der Waals surface area contributed by atoms with Crippen LogP contribution in [0.2, 0.25) is 5.02 Å². The Balaban J connectivity index is 1.72. The van der Waals surface area contributed by atoms with E-state index in [0.717, 1.165) is 5.56 Å². The first kappa shape index (κ1) is 29.0. The fraction of sp³-hybridized carbons (Fsp3) is 0.188. The highest BCUT2D eigenvalue weighted by molar-refractivity contribution is 7.07. The van der Waals surface area contributed by atoms with Gasteiger partial charge in [0.25, 0.3) is 5.56 Å². The van der Waals surface area contributed by atoms with E-state index in [9.17, 15) is 14.4 Å². The van der Waals surface area contributed by atoms with Crippen molar-refractivity contribution >= 4 is 46.6 Å². The van der Waals surface area contributed by atoms with Crippen LogP contribution in [0, 0.1) is 0 Å². The molecule has 10 heteroatoms. The van der Waals surface area contributed by atoms with Gasteiger partial charge in [0.2, 0.25) is 0 Å². The van der Waals surface area contributed by atoms with Gasteiger partial charge in [0.05, 0.1) is 35.1 Å². The van der Waals surface area contributed by atoms with Crippen molar-refractivity contribution in [3.05, 3.63) is 126 Å². The van der Waals surface area contributed by atoms with Crippen molar-refractivity contribution in [2.75, 3.05) is 19.8 Å². The van der Waals surface area contributed by atoms with Crippen LogP contribution in [0.4, 0.5) is 0 Å². The Labute approximate surface area is 250 Å². The van der Waals surface area contributed by atoms with Crippen LogP contribution in [0.15, 0.2) is 94.2 Å². The molecule has 0 unspecified atom stereocenters. The van der Waals surface area contributed by atoms with Crippen LogP contribution in [0.3, 0.4) is 0 Å². The summed E-state index contributed by atoms with van der Waals surface area (Å²) < 4.78 is 18.0. The summed E-state index contributed by atoms with van der Waals surface area (Å²) in [4.78, 5) is 44.7. The number of esters is 2. The number of carbonyl (C=O) groups excluding carboxylic acids is 2. The number of thiazole rings is 1. The zero-order valence-corrected chi connectivity index (χ0v) is 24.5. The van der Waals surface area contributed by atoms with Gasteiger partial charge in [-0.25, -0.2) is 14.6 Å². The average Bonchev–Trinajstić information content (AvgIpc) is 3.31. The predicted octanol–water partition coefficient (Wildman–Crippen LogP) is 4.53. The maximum Gasteiger partial charge on any atom is 0.344 e. The summed E-state index contributed by atoms with van der Waals surface area (Å²) >= 11 is 7.39. The van der Waals surface area contributed by atoms with E-state index < -0.39 is 18.0 Å². The SMILES string of the molecule is CCOC(=O)COc1ccccc1/C=c1\sc2n(c1=O)[C@H](c1ccc(Cl)cc1)C(C(=O)OCC)=C(c1ccccc1)N=2. The normalized spacial score (nSPS) is 14.6. The second-order valence-corrected chi connectivity index (χ2v) is 10.6. The molecule has 1 atom stereocenters. The molecule has 214 valence electrons. The lowest BCUT2D eigenvalue weighted by Gasteiger charge is -2.25. The molecular formula is C32H27ClN2O6S. The monoisotopic (exact) mass is 602 g/mol. The minimum atomic E-state index is -0.815. The van der Waals surface area contributed by atoms with Crippen molar-refractivity contribution in [2.45, 2.75) is 19.9 Å². The number of nitrogens with zero attached hydrogens (tertiary/aromatic N) is 2. The van der Waals surface area contributed by atoms with Gasteiger partial charge >= 0.3 is 11.9 Å². The summed E-state index contributed by atoms with van der Waals surface area (Å²) in [6, 6.07) is 22.6. The lowest BCUT2D eigenvalue weighted by atomic mass is 9.93. The van der Waals surface area contributed by atoms with E-state index >= 15 is 0 Å². The second kappa shape index (κ2) is 13.0. The second-order valence-electron chi connectivity index (χ2n) is 9.11. The predicted molar refractivity (Wildman–Crippen MR) is 161 cm³/mol. The van der Waals surface area contributed by atoms with Crippen molar-refractivity contribution in [1.82, 2.24) is 4.57 Å². The number of hydrogen-bond donors (Lipinski definition) is 0. The van der Waals surface area contributed by atoms with Crippen LogP contribution >= 0.6 is 22.9 Å². The molecule has 1 aromatic heterocycles. The van der Waals surface area contributed by atoms with Crippen LogP contribution in [-0.2, 0) is 19.1 Å². The van der Waals surface area contributed by atoms with Crippen LogP contribution in [0.5, 0.6) is 5.75 Å². The smallest absolute Gasteiger partial charge is 0.344 e. The van der Waals surface area contributed by atoms with E-state index in [-0.39, 0.29) is 31.0 Å². The maximum atomic E-state index is 14.1. The maximum absolute atomic E-state index is 14.1. The molecule has 0 bridgehead atoms. The van der Waals surface area contributed by atoms with Crippen molar-refractivity contribution in [2.24, 2.45) is 4.99 Å². The minimum Gasteiger partial charge on any atom is -0.481 e. The number of carbonyl (C=O) groups is 2. The first-order chi connectivity index (χ1) is 20.4. The summed E-state index contributed by atoms with van der Waals surface area (Å²) in [7, 11) is 0. The highest BCUT2D eigenvalue weighted by Crippen LogP contribution is 2.35. The number of benzene rings is 3. The molecule has 0 amide bonds. The van der Waals surface area contributed by atoms with Crippen LogP contribution in [-0.4, -0.2) is 36.3 Å². The van der Waals surface area contributed by atoms with E-state index in [4.69, 9.17) is 30.8 Å². The molecule has 2 heterocycles. The molecule has 8 nitrogen and oxygen atoms in total. The molecule has 0 saturated carbocycles. The lowest BCUT2D eigenvalue weighted by Crippen LogP contribution is -2.40. The quantitative estimate of drug-likeness (QED) is 0.261. The van der Waals surface area contributed by atoms with Crippen molar-refractivity contribution in [3.8, 4) is 5.75 Å². The van der Waals surface area contributed by atoms with Gasteiger partial charge in [0, 0.05) is 16.1 Å². The molecular weight excluding hydrogens is 576 g/mol. The molecule has 0 saturated heterocycles. The van der Waals surface area contributed by atoms with Gasteiger partial charge in [-0.05, 0) is 43.7 Å². The highest BCUT2D eigenvalue weighted by Gasteiger charge is 2.35. The number of rotatable bonds is 9. The number of hydrogen-bond acceptors (Lipinski definition) is 8. The highest BCUT2D eigenvalue weighted by atomic mass is 35.5. The number of halogens is 1. The molecule has 5 rings (SSSR count). The fourth-order valence-electron chi connectivity index (χ4n) is 4.61. The molecule has 4 aromatic rings. The third kappa shape index (κ3) is 6.07. The minimum absolute atomic E-state index is 0.157.